The van der Waals surface area contributed by atoms with E-state index < -0.39 is 11.6 Å². The van der Waals surface area contributed by atoms with Gasteiger partial charge in [-0.15, -0.1) is 11.7 Å². The van der Waals surface area contributed by atoms with Crippen molar-refractivity contribution in [3.8, 4) is 33.9 Å². The Morgan fingerprint density at radius 1 is 1.00 bits per heavy atom. The van der Waals surface area contributed by atoms with E-state index in [-0.39, 0.29) is 17.1 Å². The molecule has 144 valence electrons. The van der Waals surface area contributed by atoms with Crippen molar-refractivity contribution < 1.29 is 19.1 Å². The van der Waals surface area contributed by atoms with Gasteiger partial charge in [0.2, 0.25) is 0 Å². The molecule has 0 aromatic heterocycles. The lowest BCUT2D eigenvalue weighted by Crippen LogP contribution is -2.08. The molecule has 5 nitrogen and oxygen atoms in total. The Labute approximate surface area is 175 Å². The van der Waals surface area contributed by atoms with E-state index in [0.717, 1.165) is 16.4 Å². The number of thiol groups is 1. The van der Waals surface area contributed by atoms with Crippen LogP contribution < -0.4 is 10.4 Å². The molecule has 7 heteroatoms. The topological polar surface area (TPSA) is 76.7 Å². The summed E-state index contributed by atoms with van der Waals surface area (Å²) < 4.78 is 11.0. The minimum Gasteiger partial charge on any atom is -0.508 e. The molecule has 1 N–H and O–H groups in total. The molecular weight excluding hydrogens is 408 g/mol. The normalized spacial score (nSPS) is 10.8. The number of phenols is 1. The summed E-state index contributed by atoms with van der Waals surface area (Å²) in [7, 11) is 1.11. The summed E-state index contributed by atoms with van der Waals surface area (Å²) in [4.78, 5) is 25.5. The summed E-state index contributed by atoms with van der Waals surface area (Å²) in [5.41, 5.74) is 1.60. The number of hydrogen-bond acceptors (Lipinski definition) is 7. The lowest BCUT2D eigenvalue weighted by molar-refractivity contribution is 0.0730. The third-order valence-electron chi connectivity index (χ3n) is 4.31. The molecule has 0 spiro atoms. The van der Waals surface area contributed by atoms with Gasteiger partial charge in [0.1, 0.15) is 17.3 Å². The van der Waals surface area contributed by atoms with Crippen LogP contribution in [0.5, 0.6) is 11.5 Å². The molecule has 0 bridgehead atoms. The highest BCUT2D eigenvalue weighted by Crippen LogP contribution is 2.38. The van der Waals surface area contributed by atoms with Crippen molar-refractivity contribution in [2.24, 2.45) is 0 Å². The first-order valence-electron chi connectivity index (χ1n) is 8.56. The van der Waals surface area contributed by atoms with Crippen LogP contribution in [0.25, 0.3) is 22.5 Å². The van der Waals surface area contributed by atoms with Gasteiger partial charge in [-0.3, -0.25) is 0 Å². The molecule has 0 radical (unpaired) electrons. The first-order valence-corrected chi connectivity index (χ1v) is 10.4. The zero-order valence-electron chi connectivity index (χ0n) is 14.9. The number of carbonyl (C=O) groups is 1. The predicted molar refractivity (Wildman–Crippen MR) is 115 cm³/mol. The van der Waals surface area contributed by atoms with Gasteiger partial charge < -0.3 is 14.3 Å². The molecule has 0 fully saturated rings. The Morgan fingerprint density at radius 3 is 2.41 bits per heavy atom. The van der Waals surface area contributed by atoms with Crippen LogP contribution in [-0.4, -0.2) is 11.1 Å². The number of benzene rings is 2. The molecule has 1 aliphatic carbocycles. The third kappa shape index (κ3) is 3.87. The van der Waals surface area contributed by atoms with E-state index in [0.29, 0.717) is 21.8 Å². The van der Waals surface area contributed by atoms with E-state index in [2.05, 4.69) is 11.7 Å². The SMILES string of the molecule is O=C(Oc1cc2oc(=O)c(-c3ccccc3)c-2ccc1SS)c1ccc(O)cc1. The molecule has 0 unspecified atom stereocenters. The van der Waals surface area contributed by atoms with Crippen LogP contribution >= 0.6 is 22.5 Å². The molecule has 0 amide bonds. The van der Waals surface area contributed by atoms with Crippen molar-refractivity contribution >= 4 is 28.4 Å². The Balaban J connectivity index is 1.77. The van der Waals surface area contributed by atoms with Crippen molar-refractivity contribution in [3.63, 3.8) is 0 Å². The molecule has 2 aromatic rings. The lowest BCUT2D eigenvalue weighted by Gasteiger charge is -2.06. The average molecular weight is 422 g/mol. The Bertz CT molecular complexity index is 1200. The first kappa shape index (κ1) is 19.2. The van der Waals surface area contributed by atoms with Gasteiger partial charge in [-0.05, 0) is 42.0 Å². The molecule has 2 aliphatic rings. The fourth-order valence-electron chi connectivity index (χ4n) is 2.93. The maximum atomic E-state index is 12.5. The number of carbonyl (C=O) groups excluding carboxylic acids is 1. The minimum absolute atomic E-state index is 0.0491. The van der Waals surface area contributed by atoms with E-state index in [4.69, 9.17) is 9.15 Å². The van der Waals surface area contributed by atoms with Gasteiger partial charge in [-0.1, -0.05) is 41.1 Å². The second-order valence-electron chi connectivity index (χ2n) is 6.14. The summed E-state index contributed by atoms with van der Waals surface area (Å²) in [5, 5.41) is 9.38. The first-order chi connectivity index (χ1) is 14.1. The maximum absolute atomic E-state index is 12.5. The van der Waals surface area contributed by atoms with Crippen molar-refractivity contribution in [2.75, 3.05) is 0 Å². The quantitative estimate of drug-likeness (QED) is 0.265. The highest BCUT2D eigenvalue weighted by atomic mass is 33.1. The van der Waals surface area contributed by atoms with Crippen LogP contribution in [0.15, 0.2) is 86.9 Å². The molecule has 0 atom stereocenters. The third-order valence-corrected chi connectivity index (χ3v) is 5.44. The van der Waals surface area contributed by atoms with Crippen LogP contribution in [0.1, 0.15) is 10.4 Å². The maximum Gasteiger partial charge on any atom is 0.344 e. The predicted octanol–water partition coefficient (Wildman–Crippen LogP) is 5.27. The van der Waals surface area contributed by atoms with E-state index in [1.54, 1.807) is 12.1 Å². The van der Waals surface area contributed by atoms with E-state index in [1.165, 1.54) is 30.3 Å². The summed E-state index contributed by atoms with van der Waals surface area (Å²) in [6, 6.07) is 19.9. The Kier molecular flexibility index (Phi) is 5.33. The second kappa shape index (κ2) is 8.06. The second-order valence-corrected chi connectivity index (χ2v) is 7.31. The highest BCUT2D eigenvalue weighted by molar-refractivity contribution is 8.68. The van der Waals surface area contributed by atoms with Crippen LogP contribution in [0.2, 0.25) is 0 Å². The number of rotatable bonds is 4. The van der Waals surface area contributed by atoms with Crippen LogP contribution in [-0.2, 0) is 0 Å². The van der Waals surface area contributed by atoms with Crippen molar-refractivity contribution in [3.05, 3.63) is 88.8 Å². The largest absolute Gasteiger partial charge is 0.508 e. The van der Waals surface area contributed by atoms with E-state index >= 15 is 0 Å². The number of esters is 1. The van der Waals surface area contributed by atoms with Crippen molar-refractivity contribution in [2.45, 2.75) is 4.90 Å². The number of hydrogen-bond donors (Lipinski definition) is 2. The molecular formula is C22H14O5S2. The standard InChI is InChI=1S/C22H14O5S2/c23-15-8-6-14(7-9-15)21(24)27-18-12-17-16(10-11-19(18)29-28)20(22(25)26-17)13-4-2-1-3-5-13/h1-12,23,28H. The zero-order valence-corrected chi connectivity index (χ0v) is 16.6. The summed E-state index contributed by atoms with van der Waals surface area (Å²) in [5.74, 6) is -0.0411. The zero-order chi connectivity index (χ0) is 20.4. The molecule has 1 heterocycles. The molecule has 29 heavy (non-hydrogen) atoms. The van der Waals surface area contributed by atoms with Crippen LogP contribution in [0, 0.1) is 0 Å². The molecule has 4 rings (SSSR count). The van der Waals surface area contributed by atoms with E-state index in [9.17, 15) is 14.7 Å². The molecule has 0 saturated heterocycles. The fraction of sp³-hybridized carbons (Fsp3) is 0. The van der Waals surface area contributed by atoms with Crippen LogP contribution in [0.4, 0.5) is 0 Å². The van der Waals surface area contributed by atoms with Gasteiger partial charge in [0.15, 0.2) is 0 Å². The van der Waals surface area contributed by atoms with Gasteiger partial charge in [-0.2, -0.15) is 0 Å². The Hall–Kier alpha value is -3.16. The van der Waals surface area contributed by atoms with Gasteiger partial charge in [0.25, 0.3) is 0 Å². The molecule has 2 aromatic carbocycles. The van der Waals surface area contributed by atoms with Gasteiger partial charge in [0, 0.05) is 11.6 Å². The number of furan rings is 1. The fourth-order valence-corrected chi connectivity index (χ4v) is 3.70. The number of aromatic hydroxyl groups is 1. The van der Waals surface area contributed by atoms with E-state index in [1.807, 2.05) is 30.3 Å². The number of fused-ring (bicyclic) bond motifs is 1. The van der Waals surface area contributed by atoms with Crippen LogP contribution in [0.3, 0.4) is 0 Å². The lowest BCUT2D eigenvalue weighted by atomic mass is 10.0. The van der Waals surface area contributed by atoms with Gasteiger partial charge >= 0.3 is 11.6 Å². The average Bonchev–Trinajstić information content (AvgIpc) is 2.94. The summed E-state index contributed by atoms with van der Waals surface area (Å²) in [6.07, 6.45) is 0. The van der Waals surface area contributed by atoms with Crippen molar-refractivity contribution in [1.29, 1.82) is 0 Å². The number of phenolic OH excluding ortho intramolecular Hbond substituents is 1. The highest BCUT2D eigenvalue weighted by Gasteiger charge is 2.21. The van der Waals surface area contributed by atoms with Gasteiger partial charge in [-0.25, -0.2) is 9.59 Å². The molecule has 1 aliphatic heterocycles. The Morgan fingerprint density at radius 2 is 1.72 bits per heavy atom. The van der Waals surface area contributed by atoms with Crippen molar-refractivity contribution in [1.82, 2.24) is 0 Å². The minimum atomic E-state index is -0.606. The monoisotopic (exact) mass is 422 g/mol. The smallest absolute Gasteiger partial charge is 0.344 e. The molecule has 0 saturated carbocycles. The van der Waals surface area contributed by atoms with Gasteiger partial charge in [0.05, 0.1) is 16.0 Å². The summed E-state index contributed by atoms with van der Waals surface area (Å²) in [6.45, 7) is 0. The summed E-state index contributed by atoms with van der Waals surface area (Å²) >= 11 is 4.24. The number of ether oxygens (including phenoxy) is 1.